The average molecular weight is 377 g/mol. The molecule has 0 radical (unpaired) electrons. The third kappa shape index (κ3) is 3.13. The Morgan fingerprint density at radius 1 is 1.27 bits per heavy atom. The van der Waals surface area contributed by atoms with Crippen LogP contribution in [-0.2, 0) is 4.74 Å². The van der Waals surface area contributed by atoms with Gasteiger partial charge in [-0.3, -0.25) is 0 Å². The number of thioether (sulfide) groups is 1. The predicted octanol–water partition coefficient (Wildman–Crippen LogP) is 4.10. The summed E-state index contributed by atoms with van der Waals surface area (Å²) in [5.74, 6) is 2.40. The number of rotatable bonds is 1. The number of amides is 1. The summed E-state index contributed by atoms with van der Waals surface area (Å²) in [5, 5.41) is 0. The summed E-state index contributed by atoms with van der Waals surface area (Å²) in [6, 6.07) is 4.83. The maximum absolute atomic E-state index is 12.6. The second-order valence-corrected chi connectivity index (χ2v) is 9.48. The van der Waals surface area contributed by atoms with Gasteiger partial charge in [0.2, 0.25) is 0 Å². The third-order valence-electron chi connectivity index (χ3n) is 5.43. The highest BCUT2D eigenvalue weighted by Crippen LogP contribution is 2.51. The molecule has 6 heteroatoms. The zero-order valence-corrected chi connectivity index (χ0v) is 16.9. The van der Waals surface area contributed by atoms with Crippen LogP contribution in [0.25, 0.3) is 0 Å². The highest BCUT2D eigenvalue weighted by Gasteiger charge is 2.45. The number of benzene rings is 1. The van der Waals surface area contributed by atoms with Gasteiger partial charge >= 0.3 is 6.09 Å². The molecule has 1 saturated heterocycles. The van der Waals surface area contributed by atoms with Gasteiger partial charge in [0.05, 0.1) is 12.8 Å². The van der Waals surface area contributed by atoms with Gasteiger partial charge in [0.25, 0.3) is 0 Å². The summed E-state index contributed by atoms with van der Waals surface area (Å²) in [6.07, 6.45) is 1.99. The molecule has 0 saturated carbocycles. The number of carbonyl (C=O) groups is 1. The maximum atomic E-state index is 12.6. The zero-order valence-electron chi connectivity index (χ0n) is 16.1. The molecule has 0 aliphatic carbocycles. The van der Waals surface area contributed by atoms with Crippen molar-refractivity contribution in [3.05, 3.63) is 17.7 Å². The van der Waals surface area contributed by atoms with Gasteiger partial charge < -0.3 is 19.3 Å². The van der Waals surface area contributed by atoms with E-state index in [2.05, 4.69) is 17.0 Å². The molecule has 0 spiro atoms. The van der Waals surface area contributed by atoms with Crippen LogP contribution in [0.1, 0.15) is 45.1 Å². The monoisotopic (exact) mass is 376 g/mol. The minimum atomic E-state index is -0.457. The number of nitrogens with zero attached hydrogens (tertiary/aromatic N) is 2. The second kappa shape index (κ2) is 6.55. The minimum absolute atomic E-state index is 0.194. The number of fused-ring (bicyclic) bond motifs is 3. The number of hydrogen-bond donors (Lipinski definition) is 0. The first kappa shape index (κ1) is 17.8. The molecule has 3 aliphatic heterocycles. The molecule has 2 atom stereocenters. The Kier molecular flexibility index (Phi) is 4.49. The zero-order chi connectivity index (χ0) is 18.5. The summed E-state index contributed by atoms with van der Waals surface area (Å²) in [7, 11) is 1.73. The van der Waals surface area contributed by atoms with Crippen LogP contribution in [0.5, 0.6) is 5.75 Å². The van der Waals surface area contributed by atoms with E-state index >= 15 is 0 Å². The molecule has 0 bridgehead atoms. The first-order chi connectivity index (χ1) is 12.4. The van der Waals surface area contributed by atoms with Gasteiger partial charge in [0.15, 0.2) is 0 Å². The van der Waals surface area contributed by atoms with Crippen LogP contribution >= 0.6 is 11.8 Å². The Hall–Kier alpha value is -1.56. The molecule has 0 aromatic heterocycles. The normalized spacial score (nSPS) is 24.6. The number of likely N-dealkylation sites (tertiary alicyclic amines) is 1. The Labute approximate surface area is 160 Å². The maximum Gasteiger partial charge on any atom is 0.410 e. The van der Waals surface area contributed by atoms with Crippen molar-refractivity contribution in [2.45, 2.75) is 56.1 Å². The molecule has 142 valence electrons. The number of piperidine rings is 1. The second-order valence-electron chi connectivity index (χ2n) is 8.35. The highest BCUT2D eigenvalue weighted by atomic mass is 32.2. The number of anilines is 1. The van der Waals surface area contributed by atoms with Gasteiger partial charge in [-0.15, -0.1) is 11.8 Å². The van der Waals surface area contributed by atoms with Crippen molar-refractivity contribution in [2.24, 2.45) is 0 Å². The van der Waals surface area contributed by atoms with Crippen LogP contribution in [0.3, 0.4) is 0 Å². The molecule has 0 unspecified atom stereocenters. The summed E-state index contributed by atoms with van der Waals surface area (Å²) >= 11 is 1.93. The van der Waals surface area contributed by atoms with E-state index in [1.807, 2.05) is 37.4 Å². The van der Waals surface area contributed by atoms with Crippen LogP contribution < -0.4 is 9.64 Å². The van der Waals surface area contributed by atoms with Crippen molar-refractivity contribution < 1.29 is 14.3 Å². The van der Waals surface area contributed by atoms with E-state index < -0.39 is 5.60 Å². The third-order valence-corrected chi connectivity index (χ3v) is 6.54. The fourth-order valence-corrected chi connectivity index (χ4v) is 5.46. The van der Waals surface area contributed by atoms with Gasteiger partial charge in [0, 0.05) is 36.5 Å². The first-order valence-electron chi connectivity index (χ1n) is 9.46. The topological polar surface area (TPSA) is 42.0 Å². The number of methoxy groups -OCH3 is 1. The average Bonchev–Trinajstić information content (AvgIpc) is 2.74. The van der Waals surface area contributed by atoms with E-state index in [9.17, 15) is 4.79 Å². The quantitative estimate of drug-likeness (QED) is 0.738. The van der Waals surface area contributed by atoms with Crippen molar-refractivity contribution in [3.8, 4) is 5.75 Å². The minimum Gasteiger partial charge on any atom is -0.497 e. The SMILES string of the molecule is COc1cc2c3c(c1)[C@@H]1CN(C(=O)OC(C)(C)C)CC[C@@H]1N3CCCS2. The summed E-state index contributed by atoms with van der Waals surface area (Å²) in [4.78, 5) is 18.4. The molecule has 1 fully saturated rings. The molecule has 0 N–H and O–H groups in total. The Balaban J connectivity index is 1.65. The Morgan fingerprint density at radius 3 is 2.81 bits per heavy atom. The lowest BCUT2D eigenvalue weighted by Crippen LogP contribution is -2.49. The molecule has 3 aliphatic rings. The lowest BCUT2D eigenvalue weighted by molar-refractivity contribution is 0.0189. The van der Waals surface area contributed by atoms with E-state index in [0.717, 1.165) is 37.6 Å². The van der Waals surface area contributed by atoms with E-state index in [0.29, 0.717) is 12.0 Å². The summed E-state index contributed by atoms with van der Waals surface area (Å²) in [5.41, 5.74) is 2.27. The van der Waals surface area contributed by atoms with Crippen LogP contribution in [0.15, 0.2) is 17.0 Å². The Bertz CT molecular complexity index is 716. The predicted molar refractivity (Wildman–Crippen MR) is 105 cm³/mol. The fourth-order valence-electron chi connectivity index (χ4n) is 4.39. The molecule has 1 aromatic carbocycles. The van der Waals surface area contributed by atoms with Crippen LogP contribution in [0, 0.1) is 0 Å². The molecular formula is C20H28N2O3S. The molecule has 5 nitrogen and oxygen atoms in total. The fraction of sp³-hybridized carbons (Fsp3) is 0.650. The van der Waals surface area contributed by atoms with Gasteiger partial charge in [-0.05, 0) is 57.1 Å². The summed E-state index contributed by atoms with van der Waals surface area (Å²) in [6.45, 7) is 8.35. The number of carbonyl (C=O) groups excluding carboxylic acids is 1. The molecular weight excluding hydrogens is 348 g/mol. The number of hydrogen-bond acceptors (Lipinski definition) is 5. The van der Waals surface area contributed by atoms with Crippen molar-refractivity contribution in [3.63, 3.8) is 0 Å². The molecule has 1 aromatic rings. The van der Waals surface area contributed by atoms with Gasteiger partial charge in [0.1, 0.15) is 11.4 Å². The van der Waals surface area contributed by atoms with E-state index in [-0.39, 0.29) is 6.09 Å². The molecule has 3 heterocycles. The molecule has 1 amide bonds. The lowest BCUT2D eigenvalue weighted by atomic mass is 9.89. The van der Waals surface area contributed by atoms with Crippen molar-refractivity contribution >= 4 is 23.5 Å². The lowest BCUT2D eigenvalue weighted by Gasteiger charge is -2.39. The van der Waals surface area contributed by atoms with Crippen molar-refractivity contribution in [1.82, 2.24) is 4.90 Å². The molecule has 4 rings (SSSR count). The van der Waals surface area contributed by atoms with Crippen LogP contribution in [0.2, 0.25) is 0 Å². The molecule has 26 heavy (non-hydrogen) atoms. The highest BCUT2D eigenvalue weighted by molar-refractivity contribution is 7.99. The van der Waals surface area contributed by atoms with Gasteiger partial charge in [-0.2, -0.15) is 0 Å². The van der Waals surface area contributed by atoms with Crippen molar-refractivity contribution in [1.29, 1.82) is 0 Å². The van der Waals surface area contributed by atoms with Crippen LogP contribution in [0.4, 0.5) is 10.5 Å². The Morgan fingerprint density at radius 2 is 2.08 bits per heavy atom. The first-order valence-corrected chi connectivity index (χ1v) is 10.5. The largest absolute Gasteiger partial charge is 0.497 e. The number of ether oxygens (including phenoxy) is 2. The van der Waals surface area contributed by atoms with E-state index in [1.54, 1.807) is 7.11 Å². The van der Waals surface area contributed by atoms with Crippen LogP contribution in [-0.4, -0.2) is 55.1 Å². The van der Waals surface area contributed by atoms with Crippen molar-refractivity contribution in [2.75, 3.05) is 37.4 Å². The standard InChI is InChI=1S/C20H28N2O3S/c1-20(2,3)25-19(23)21-8-6-16-15(12-21)14-10-13(24-4)11-17-18(14)22(16)7-5-9-26-17/h10-11,15-16H,5-9,12H2,1-4H3/t15-,16-/m0/s1. The summed E-state index contributed by atoms with van der Waals surface area (Å²) < 4.78 is 11.2. The van der Waals surface area contributed by atoms with E-state index in [4.69, 9.17) is 9.47 Å². The van der Waals surface area contributed by atoms with E-state index in [1.165, 1.54) is 22.6 Å². The van der Waals surface area contributed by atoms with Gasteiger partial charge in [-0.25, -0.2) is 4.79 Å². The smallest absolute Gasteiger partial charge is 0.410 e. The van der Waals surface area contributed by atoms with Gasteiger partial charge in [-0.1, -0.05) is 0 Å².